The molecule has 0 aromatic heterocycles. The first-order valence-electron chi connectivity index (χ1n) is 7.17. The van der Waals surface area contributed by atoms with Gasteiger partial charge in [0, 0.05) is 6.54 Å². The van der Waals surface area contributed by atoms with E-state index in [4.69, 9.17) is 11.2 Å². The fourth-order valence-corrected chi connectivity index (χ4v) is 1.99. The van der Waals surface area contributed by atoms with Crippen molar-refractivity contribution in [2.45, 2.75) is 26.2 Å². The van der Waals surface area contributed by atoms with E-state index < -0.39 is 0 Å². The van der Waals surface area contributed by atoms with E-state index in [-0.39, 0.29) is 19.1 Å². The lowest BCUT2D eigenvalue weighted by molar-refractivity contribution is -0.132. The molecular weight excluding hydrogens is 262 g/mol. The average Bonchev–Trinajstić information content (AvgIpc) is 2.52. The third-order valence-electron chi connectivity index (χ3n) is 3.40. The lowest BCUT2D eigenvalue weighted by Crippen LogP contribution is -2.35. The largest absolute Gasteiger partial charge is 0.483 e. The summed E-state index contributed by atoms with van der Waals surface area (Å²) in [6.45, 7) is 8.59. The lowest BCUT2D eigenvalue weighted by Gasteiger charge is -2.20. The molecule has 0 spiro atoms. The highest BCUT2D eigenvalue weighted by atomic mass is 16.5. The fourth-order valence-electron chi connectivity index (χ4n) is 1.99. The molecule has 0 heterocycles. The van der Waals surface area contributed by atoms with Crippen LogP contribution in [0, 0.1) is 12.3 Å². The summed E-state index contributed by atoms with van der Waals surface area (Å²) >= 11 is 0. The summed E-state index contributed by atoms with van der Waals surface area (Å²) in [6, 6.07) is 7.83. The molecule has 3 nitrogen and oxygen atoms in total. The lowest BCUT2D eigenvalue weighted by atomic mass is 9.98. The molecular formula is C18H23NO2. The van der Waals surface area contributed by atoms with Crippen LogP contribution in [0.1, 0.15) is 31.7 Å². The molecule has 1 aromatic rings. The molecule has 0 radical (unpaired) electrons. The monoisotopic (exact) mass is 285 g/mol. The maximum absolute atomic E-state index is 12.1. The van der Waals surface area contributed by atoms with Gasteiger partial charge in [-0.25, -0.2) is 0 Å². The second-order valence-corrected chi connectivity index (χ2v) is 4.90. The Balaban J connectivity index is 2.72. The molecule has 1 amide bonds. The molecule has 0 aliphatic heterocycles. The van der Waals surface area contributed by atoms with Crippen molar-refractivity contribution in [3.63, 3.8) is 0 Å². The third kappa shape index (κ3) is 5.00. The van der Waals surface area contributed by atoms with Crippen LogP contribution in [-0.4, -0.2) is 30.5 Å². The van der Waals surface area contributed by atoms with Gasteiger partial charge in [-0.3, -0.25) is 4.79 Å². The number of para-hydroxylation sites is 1. The predicted octanol–water partition coefficient (Wildman–Crippen LogP) is 3.23. The summed E-state index contributed by atoms with van der Waals surface area (Å²) in [7, 11) is 0. The molecule has 0 saturated heterocycles. The van der Waals surface area contributed by atoms with Crippen molar-refractivity contribution in [3.8, 4) is 18.1 Å². The molecule has 1 rings (SSSR count). The molecule has 21 heavy (non-hydrogen) atoms. The van der Waals surface area contributed by atoms with E-state index >= 15 is 0 Å². The van der Waals surface area contributed by atoms with E-state index in [9.17, 15) is 4.79 Å². The Morgan fingerprint density at radius 3 is 2.86 bits per heavy atom. The number of rotatable bonds is 8. The Morgan fingerprint density at radius 2 is 2.24 bits per heavy atom. The molecule has 112 valence electrons. The minimum absolute atomic E-state index is 0.0109. The van der Waals surface area contributed by atoms with Crippen LogP contribution in [0.25, 0.3) is 0 Å². The molecule has 3 heteroatoms. The Kier molecular flexibility index (Phi) is 7.11. The molecule has 0 N–H and O–H groups in total. The van der Waals surface area contributed by atoms with Crippen LogP contribution < -0.4 is 4.74 Å². The van der Waals surface area contributed by atoms with Gasteiger partial charge in [-0.05, 0) is 24.0 Å². The van der Waals surface area contributed by atoms with Crippen LogP contribution in [0.2, 0.25) is 0 Å². The van der Waals surface area contributed by atoms with Gasteiger partial charge in [0.2, 0.25) is 0 Å². The van der Waals surface area contributed by atoms with E-state index in [1.54, 1.807) is 11.0 Å². The molecule has 0 aliphatic rings. The summed E-state index contributed by atoms with van der Waals surface area (Å²) in [5.41, 5.74) is 1.13. The van der Waals surface area contributed by atoms with Gasteiger partial charge in [0.25, 0.3) is 5.91 Å². The van der Waals surface area contributed by atoms with Gasteiger partial charge in [0.05, 0.1) is 6.54 Å². The second kappa shape index (κ2) is 8.86. The molecule has 0 aliphatic carbocycles. The highest BCUT2D eigenvalue weighted by molar-refractivity contribution is 5.78. The van der Waals surface area contributed by atoms with Crippen molar-refractivity contribution in [2.75, 3.05) is 19.7 Å². The Hall–Kier alpha value is -2.21. The number of hydrogen-bond donors (Lipinski definition) is 0. The predicted molar refractivity (Wildman–Crippen MR) is 86.3 cm³/mol. The number of carbonyl (C=O) groups is 1. The van der Waals surface area contributed by atoms with Crippen LogP contribution in [0.5, 0.6) is 5.75 Å². The third-order valence-corrected chi connectivity index (χ3v) is 3.40. The van der Waals surface area contributed by atoms with E-state index in [0.29, 0.717) is 12.5 Å². The molecule has 0 fully saturated rings. The zero-order chi connectivity index (χ0) is 15.7. The summed E-state index contributed by atoms with van der Waals surface area (Å²) in [6.07, 6.45) is 7.94. The minimum Gasteiger partial charge on any atom is -0.483 e. The van der Waals surface area contributed by atoms with Gasteiger partial charge >= 0.3 is 0 Å². The van der Waals surface area contributed by atoms with Gasteiger partial charge in [-0.2, -0.15) is 0 Å². The van der Waals surface area contributed by atoms with Crippen molar-refractivity contribution in [1.82, 2.24) is 4.90 Å². The van der Waals surface area contributed by atoms with Crippen LogP contribution in [0.3, 0.4) is 0 Å². The van der Waals surface area contributed by atoms with E-state index in [0.717, 1.165) is 17.7 Å². The van der Waals surface area contributed by atoms with E-state index in [1.807, 2.05) is 24.3 Å². The van der Waals surface area contributed by atoms with Crippen molar-refractivity contribution in [3.05, 3.63) is 42.5 Å². The molecule has 1 atom stereocenters. The number of ether oxygens (including phenoxy) is 1. The Labute approximate surface area is 127 Å². The quantitative estimate of drug-likeness (QED) is 0.542. The number of benzene rings is 1. The van der Waals surface area contributed by atoms with E-state index in [2.05, 4.69) is 26.3 Å². The first-order chi connectivity index (χ1) is 10.1. The highest BCUT2D eigenvalue weighted by Gasteiger charge is 2.14. The average molecular weight is 285 g/mol. The topological polar surface area (TPSA) is 29.5 Å². The van der Waals surface area contributed by atoms with Crippen molar-refractivity contribution in [1.29, 1.82) is 0 Å². The summed E-state index contributed by atoms with van der Waals surface area (Å²) < 4.78 is 5.70. The molecule has 0 unspecified atom stereocenters. The Bertz CT molecular complexity index is 516. The van der Waals surface area contributed by atoms with Gasteiger partial charge in [0.1, 0.15) is 5.75 Å². The summed E-state index contributed by atoms with van der Waals surface area (Å²) in [5, 5.41) is 0. The molecule has 1 aromatic carbocycles. The van der Waals surface area contributed by atoms with Gasteiger partial charge in [-0.1, -0.05) is 44.0 Å². The SMILES string of the molecule is C#CCN(CC=C)C(=O)COc1ccccc1[C@H](C)CC. The van der Waals surface area contributed by atoms with Gasteiger partial charge in [-0.15, -0.1) is 13.0 Å². The van der Waals surface area contributed by atoms with Crippen molar-refractivity contribution < 1.29 is 9.53 Å². The van der Waals surface area contributed by atoms with Crippen molar-refractivity contribution in [2.24, 2.45) is 0 Å². The first kappa shape index (κ1) is 16.8. The normalized spacial score (nSPS) is 11.3. The van der Waals surface area contributed by atoms with Crippen LogP contribution in [0.4, 0.5) is 0 Å². The minimum atomic E-state index is -0.133. The number of carbonyl (C=O) groups excluding carboxylic acids is 1. The summed E-state index contributed by atoms with van der Waals surface area (Å²) in [5.74, 6) is 3.50. The molecule has 0 saturated carbocycles. The maximum atomic E-state index is 12.1. The molecule has 0 bridgehead atoms. The Morgan fingerprint density at radius 1 is 1.52 bits per heavy atom. The van der Waals surface area contributed by atoms with Crippen LogP contribution in [0.15, 0.2) is 36.9 Å². The zero-order valence-corrected chi connectivity index (χ0v) is 12.8. The number of hydrogen-bond acceptors (Lipinski definition) is 2. The standard InChI is InChI=1S/C18H23NO2/c1-5-12-19(13-6-2)18(20)14-21-17-11-9-8-10-16(17)15(4)7-3/h1,6,8-11,15H,2,7,12-14H2,3-4H3/t15-/m1/s1. The highest BCUT2D eigenvalue weighted by Crippen LogP contribution is 2.28. The van der Waals surface area contributed by atoms with Crippen LogP contribution >= 0.6 is 0 Å². The zero-order valence-electron chi connectivity index (χ0n) is 12.8. The second-order valence-electron chi connectivity index (χ2n) is 4.90. The summed E-state index contributed by atoms with van der Waals surface area (Å²) in [4.78, 5) is 13.6. The van der Waals surface area contributed by atoms with E-state index in [1.165, 1.54) is 0 Å². The number of nitrogens with zero attached hydrogens (tertiary/aromatic N) is 1. The van der Waals surface area contributed by atoms with Gasteiger partial charge in [0.15, 0.2) is 6.61 Å². The fraction of sp³-hybridized carbons (Fsp3) is 0.389. The van der Waals surface area contributed by atoms with Crippen molar-refractivity contribution >= 4 is 5.91 Å². The van der Waals surface area contributed by atoms with Crippen LogP contribution in [-0.2, 0) is 4.79 Å². The maximum Gasteiger partial charge on any atom is 0.261 e. The number of terminal acetylenes is 1. The first-order valence-corrected chi connectivity index (χ1v) is 7.17. The van der Waals surface area contributed by atoms with Gasteiger partial charge < -0.3 is 9.64 Å². The number of amides is 1. The smallest absolute Gasteiger partial charge is 0.261 e.